The van der Waals surface area contributed by atoms with Gasteiger partial charge in [-0.15, -0.1) is 0 Å². The third-order valence-electron chi connectivity index (χ3n) is 3.97. The monoisotopic (exact) mass is 356 g/mol. The van der Waals surface area contributed by atoms with E-state index in [0.29, 0.717) is 18.7 Å². The molecule has 6 nitrogen and oxygen atoms in total. The van der Waals surface area contributed by atoms with Gasteiger partial charge in [-0.05, 0) is 55.3 Å². The molecule has 0 aromatic heterocycles. The minimum Gasteiger partial charge on any atom is -0.423 e. The molecule has 25 heavy (non-hydrogen) atoms. The molecule has 2 aromatic rings. The van der Waals surface area contributed by atoms with Gasteiger partial charge in [-0.2, -0.15) is 9.57 Å². The Morgan fingerprint density at radius 1 is 1.08 bits per heavy atom. The van der Waals surface area contributed by atoms with Crippen LogP contribution in [0.3, 0.4) is 0 Å². The lowest BCUT2D eigenvalue weighted by molar-refractivity contribution is 0.0734. The summed E-state index contributed by atoms with van der Waals surface area (Å²) in [6.45, 7) is 1.06. The fraction of sp³-hybridized carbons (Fsp3) is 0.222. The zero-order valence-electron chi connectivity index (χ0n) is 13.4. The number of hydrogen-bond donors (Lipinski definition) is 0. The maximum Gasteiger partial charge on any atom is 0.343 e. The molecule has 0 unspecified atom stereocenters. The molecule has 0 radical (unpaired) electrons. The number of esters is 1. The molecule has 1 aliphatic rings. The van der Waals surface area contributed by atoms with Crippen LogP contribution in [0.15, 0.2) is 53.4 Å². The number of nitriles is 1. The smallest absolute Gasteiger partial charge is 0.343 e. The Kier molecular flexibility index (Phi) is 4.83. The van der Waals surface area contributed by atoms with Gasteiger partial charge in [-0.25, -0.2) is 13.2 Å². The molecule has 1 fully saturated rings. The van der Waals surface area contributed by atoms with Gasteiger partial charge in [0.05, 0.1) is 22.1 Å². The Hall–Kier alpha value is -2.69. The van der Waals surface area contributed by atoms with Gasteiger partial charge >= 0.3 is 5.97 Å². The van der Waals surface area contributed by atoms with Crippen molar-refractivity contribution in [2.45, 2.75) is 17.7 Å². The predicted octanol–water partition coefficient (Wildman–Crippen LogP) is 2.56. The zero-order chi connectivity index (χ0) is 17.9. The SMILES string of the molecule is N#Cc1cccc(OC(=O)c2ccc(S(=O)(=O)N3CCCC3)cc2)c1. The minimum absolute atomic E-state index is 0.164. The number of ether oxygens (including phenoxy) is 1. The molecule has 0 aliphatic carbocycles. The van der Waals surface area contributed by atoms with Gasteiger partial charge in [0, 0.05) is 13.1 Å². The fourth-order valence-corrected chi connectivity index (χ4v) is 4.15. The first-order valence-electron chi connectivity index (χ1n) is 7.83. The van der Waals surface area contributed by atoms with E-state index >= 15 is 0 Å². The van der Waals surface area contributed by atoms with E-state index < -0.39 is 16.0 Å². The first-order valence-corrected chi connectivity index (χ1v) is 9.27. The number of benzene rings is 2. The second kappa shape index (κ2) is 7.05. The normalized spacial score (nSPS) is 14.8. The Bertz CT molecular complexity index is 924. The molecule has 1 aliphatic heterocycles. The number of hydrogen-bond acceptors (Lipinski definition) is 5. The first-order chi connectivity index (χ1) is 12.0. The summed E-state index contributed by atoms with van der Waals surface area (Å²) >= 11 is 0. The largest absolute Gasteiger partial charge is 0.423 e. The van der Waals surface area contributed by atoms with Crippen LogP contribution in [0.2, 0.25) is 0 Å². The minimum atomic E-state index is -3.50. The zero-order valence-corrected chi connectivity index (χ0v) is 14.2. The number of carbonyl (C=O) groups is 1. The number of rotatable bonds is 4. The molecule has 2 aromatic carbocycles. The van der Waals surface area contributed by atoms with Gasteiger partial charge in [-0.3, -0.25) is 0 Å². The van der Waals surface area contributed by atoms with E-state index in [1.165, 1.54) is 34.6 Å². The highest BCUT2D eigenvalue weighted by Gasteiger charge is 2.27. The molecule has 1 saturated heterocycles. The van der Waals surface area contributed by atoms with E-state index in [9.17, 15) is 13.2 Å². The van der Waals surface area contributed by atoms with E-state index in [4.69, 9.17) is 10.00 Å². The van der Waals surface area contributed by atoms with Crippen molar-refractivity contribution in [3.63, 3.8) is 0 Å². The Balaban J connectivity index is 1.75. The Morgan fingerprint density at radius 3 is 2.40 bits per heavy atom. The van der Waals surface area contributed by atoms with Crippen LogP contribution in [0.5, 0.6) is 5.75 Å². The Morgan fingerprint density at radius 2 is 1.76 bits per heavy atom. The molecule has 0 spiro atoms. The van der Waals surface area contributed by atoms with Gasteiger partial charge in [-0.1, -0.05) is 6.07 Å². The van der Waals surface area contributed by atoms with Crippen LogP contribution < -0.4 is 4.74 Å². The summed E-state index contributed by atoms with van der Waals surface area (Å²) in [5.74, 6) is -0.349. The third kappa shape index (κ3) is 3.71. The summed E-state index contributed by atoms with van der Waals surface area (Å²) in [5.41, 5.74) is 0.625. The van der Waals surface area contributed by atoms with Crippen molar-refractivity contribution in [2.24, 2.45) is 0 Å². The third-order valence-corrected chi connectivity index (χ3v) is 5.88. The van der Waals surface area contributed by atoms with Gasteiger partial charge < -0.3 is 4.74 Å². The molecule has 0 atom stereocenters. The van der Waals surface area contributed by atoms with E-state index in [0.717, 1.165) is 12.8 Å². The average Bonchev–Trinajstić information content (AvgIpc) is 3.17. The Labute approximate surface area is 146 Å². The summed E-state index contributed by atoms with van der Waals surface area (Å²) < 4.78 is 31.6. The van der Waals surface area contributed by atoms with Crippen molar-refractivity contribution >= 4 is 16.0 Å². The standard InChI is InChI=1S/C18H16N2O4S/c19-13-14-4-3-5-16(12-14)24-18(21)15-6-8-17(9-7-15)25(22,23)20-10-1-2-11-20/h3-9,12H,1-2,10-11H2. The van der Waals surface area contributed by atoms with Crippen LogP contribution in [0.1, 0.15) is 28.8 Å². The van der Waals surface area contributed by atoms with Gasteiger partial charge in [0.1, 0.15) is 5.75 Å². The van der Waals surface area contributed by atoms with Crippen LogP contribution in [0.25, 0.3) is 0 Å². The maximum absolute atomic E-state index is 12.5. The summed E-state index contributed by atoms with van der Waals surface area (Å²) in [4.78, 5) is 12.3. The van der Waals surface area contributed by atoms with Crippen molar-refractivity contribution in [1.29, 1.82) is 5.26 Å². The summed E-state index contributed by atoms with van der Waals surface area (Å²) in [6, 6.07) is 13.9. The lowest BCUT2D eigenvalue weighted by Gasteiger charge is -2.15. The van der Waals surface area contributed by atoms with Crippen LogP contribution in [0, 0.1) is 11.3 Å². The highest BCUT2D eigenvalue weighted by atomic mass is 32.2. The maximum atomic E-state index is 12.5. The van der Waals surface area contributed by atoms with Crippen molar-refractivity contribution in [1.82, 2.24) is 4.31 Å². The molecule has 0 bridgehead atoms. The highest BCUT2D eigenvalue weighted by molar-refractivity contribution is 7.89. The first kappa shape index (κ1) is 17.1. The quantitative estimate of drug-likeness (QED) is 0.621. The van der Waals surface area contributed by atoms with Crippen LogP contribution in [-0.2, 0) is 10.0 Å². The second-order valence-corrected chi connectivity index (χ2v) is 7.60. The summed E-state index contributed by atoms with van der Waals surface area (Å²) in [5, 5.41) is 8.86. The molecule has 1 heterocycles. The van der Waals surface area contributed by atoms with E-state index in [1.807, 2.05) is 6.07 Å². The predicted molar refractivity (Wildman–Crippen MR) is 90.6 cm³/mol. The molecule has 0 N–H and O–H groups in total. The molecule has 128 valence electrons. The van der Waals surface area contributed by atoms with Crippen LogP contribution in [-0.4, -0.2) is 31.8 Å². The van der Waals surface area contributed by atoms with E-state index in [2.05, 4.69) is 0 Å². The average molecular weight is 356 g/mol. The number of nitrogens with zero attached hydrogens (tertiary/aromatic N) is 2. The van der Waals surface area contributed by atoms with Gasteiger partial charge in [0.25, 0.3) is 0 Å². The molecular weight excluding hydrogens is 340 g/mol. The lowest BCUT2D eigenvalue weighted by atomic mass is 10.2. The van der Waals surface area contributed by atoms with Crippen molar-refractivity contribution in [3.05, 3.63) is 59.7 Å². The second-order valence-electron chi connectivity index (χ2n) is 5.66. The van der Waals surface area contributed by atoms with Crippen LogP contribution >= 0.6 is 0 Å². The fourth-order valence-electron chi connectivity index (χ4n) is 2.64. The molecular formula is C18H16N2O4S. The van der Waals surface area contributed by atoms with Gasteiger partial charge in [0.2, 0.25) is 10.0 Å². The molecule has 0 saturated carbocycles. The lowest BCUT2D eigenvalue weighted by Crippen LogP contribution is -2.27. The van der Waals surface area contributed by atoms with Gasteiger partial charge in [0.15, 0.2) is 0 Å². The van der Waals surface area contributed by atoms with Crippen molar-refractivity contribution < 1.29 is 17.9 Å². The van der Waals surface area contributed by atoms with Crippen molar-refractivity contribution in [3.8, 4) is 11.8 Å². The number of sulfonamides is 1. The summed E-state index contributed by atoms with van der Waals surface area (Å²) in [7, 11) is -3.50. The topological polar surface area (TPSA) is 87.5 Å². The highest BCUT2D eigenvalue weighted by Crippen LogP contribution is 2.21. The number of carbonyl (C=O) groups excluding carboxylic acids is 1. The molecule has 7 heteroatoms. The van der Waals surface area contributed by atoms with Crippen LogP contribution in [0.4, 0.5) is 0 Å². The summed E-state index contributed by atoms with van der Waals surface area (Å²) in [6.07, 6.45) is 1.73. The molecule has 3 rings (SSSR count). The van der Waals surface area contributed by atoms with E-state index in [-0.39, 0.29) is 16.2 Å². The van der Waals surface area contributed by atoms with E-state index in [1.54, 1.807) is 18.2 Å². The van der Waals surface area contributed by atoms with Crippen molar-refractivity contribution in [2.75, 3.05) is 13.1 Å². The molecule has 0 amide bonds.